The second-order valence-electron chi connectivity index (χ2n) is 7.54. The molecule has 5 unspecified atom stereocenters. The van der Waals surface area contributed by atoms with Crippen molar-refractivity contribution < 1.29 is 24.2 Å². The van der Waals surface area contributed by atoms with E-state index in [4.69, 9.17) is 9.47 Å². The molecular weight excluding hydrogens is 308 g/mol. The lowest BCUT2D eigenvalue weighted by atomic mass is 9.87. The van der Waals surface area contributed by atoms with E-state index in [1.165, 1.54) is 0 Å². The number of esters is 2. The highest BCUT2D eigenvalue weighted by Crippen LogP contribution is 2.44. The number of fused-ring (bicyclic) bond motifs is 2. The number of aliphatic hydroxyl groups excluding tert-OH is 1. The fraction of sp³-hybridized carbons (Fsp3) is 0.579. The van der Waals surface area contributed by atoms with Crippen LogP contribution in [0.3, 0.4) is 0 Å². The summed E-state index contributed by atoms with van der Waals surface area (Å²) in [6, 6.07) is 7.72. The highest BCUT2D eigenvalue weighted by molar-refractivity contribution is 5.96. The van der Waals surface area contributed by atoms with Crippen molar-refractivity contribution in [2.24, 2.45) is 17.8 Å². The first-order chi connectivity index (χ1) is 11.2. The summed E-state index contributed by atoms with van der Waals surface area (Å²) in [6.07, 6.45) is -0.711. The van der Waals surface area contributed by atoms with E-state index in [9.17, 15) is 14.7 Å². The lowest BCUT2D eigenvalue weighted by Crippen LogP contribution is -2.48. The third kappa shape index (κ3) is 2.81. The van der Waals surface area contributed by atoms with Crippen molar-refractivity contribution in [2.75, 3.05) is 0 Å². The average molecular weight is 332 g/mol. The third-order valence-electron chi connectivity index (χ3n) is 5.27. The van der Waals surface area contributed by atoms with Crippen LogP contribution in [0, 0.1) is 24.7 Å². The molecule has 0 radical (unpaired) electrons. The number of hydrogen-bond donors (Lipinski definition) is 1. The maximum atomic E-state index is 12.7. The van der Waals surface area contributed by atoms with Crippen molar-refractivity contribution >= 4 is 11.9 Å². The van der Waals surface area contributed by atoms with Gasteiger partial charge in [-0.05, 0) is 38.7 Å². The number of benzene rings is 1. The maximum absolute atomic E-state index is 12.7. The molecule has 1 heterocycles. The first-order valence-corrected chi connectivity index (χ1v) is 8.39. The van der Waals surface area contributed by atoms with Gasteiger partial charge in [0.1, 0.15) is 11.7 Å². The van der Waals surface area contributed by atoms with Crippen molar-refractivity contribution in [3.05, 3.63) is 35.4 Å². The van der Waals surface area contributed by atoms with Crippen molar-refractivity contribution in [3.8, 4) is 0 Å². The van der Waals surface area contributed by atoms with Gasteiger partial charge in [-0.15, -0.1) is 0 Å². The zero-order valence-electron chi connectivity index (χ0n) is 14.5. The van der Waals surface area contributed by atoms with E-state index in [0.717, 1.165) is 11.1 Å². The van der Waals surface area contributed by atoms with Gasteiger partial charge in [-0.2, -0.15) is 0 Å². The van der Waals surface area contributed by atoms with Crippen LogP contribution in [0.5, 0.6) is 0 Å². The lowest BCUT2D eigenvalue weighted by molar-refractivity contribution is -0.189. The van der Waals surface area contributed by atoms with Gasteiger partial charge in [-0.1, -0.05) is 36.8 Å². The molecule has 0 spiro atoms. The van der Waals surface area contributed by atoms with Crippen LogP contribution in [0.2, 0.25) is 0 Å². The maximum Gasteiger partial charge on any atom is 0.321 e. The smallest absolute Gasteiger partial charge is 0.321 e. The molecule has 1 aliphatic heterocycles. The quantitative estimate of drug-likeness (QED) is 0.679. The fourth-order valence-electron chi connectivity index (χ4n) is 3.78. The number of carbonyl (C=O) groups excluding carboxylic acids is 2. The molecule has 2 bridgehead atoms. The number of hydrogen-bond acceptors (Lipinski definition) is 5. The molecule has 1 saturated heterocycles. The largest absolute Gasteiger partial charge is 0.459 e. The first-order valence-electron chi connectivity index (χ1n) is 8.39. The van der Waals surface area contributed by atoms with Crippen molar-refractivity contribution in [3.63, 3.8) is 0 Å². The zero-order chi connectivity index (χ0) is 17.6. The Balaban J connectivity index is 1.79. The Hall–Kier alpha value is -1.88. The summed E-state index contributed by atoms with van der Waals surface area (Å²) >= 11 is 0. The van der Waals surface area contributed by atoms with Gasteiger partial charge >= 0.3 is 11.9 Å². The van der Waals surface area contributed by atoms with Crippen LogP contribution in [0.25, 0.3) is 0 Å². The van der Waals surface area contributed by atoms with Gasteiger partial charge in [0.2, 0.25) is 0 Å². The van der Waals surface area contributed by atoms with Crippen molar-refractivity contribution in [1.82, 2.24) is 0 Å². The van der Waals surface area contributed by atoms with E-state index in [1.807, 2.05) is 38.1 Å². The predicted octanol–water partition coefficient (Wildman–Crippen LogP) is 2.33. The third-order valence-corrected chi connectivity index (χ3v) is 5.27. The van der Waals surface area contributed by atoms with E-state index < -0.39 is 41.6 Å². The number of aliphatic hydroxyl groups is 1. The molecule has 1 N–H and O–H groups in total. The molecule has 2 fully saturated rings. The Bertz CT molecular complexity index is 648. The number of carbonyl (C=O) groups is 2. The van der Waals surface area contributed by atoms with Crippen LogP contribution >= 0.6 is 0 Å². The van der Waals surface area contributed by atoms with Crippen LogP contribution in [0.4, 0.5) is 0 Å². The molecule has 1 aliphatic carbocycles. The van der Waals surface area contributed by atoms with Gasteiger partial charge in [0.15, 0.2) is 5.92 Å². The van der Waals surface area contributed by atoms with E-state index >= 15 is 0 Å². The first kappa shape index (κ1) is 17.0. The summed E-state index contributed by atoms with van der Waals surface area (Å²) in [5.74, 6) is -2.62. The van der Waals surface area contributed by atoms with Crippen LogP contribution in [-0.4, -0.2) is 29.3 Å². The van der Waals surface area contributed by atoms with E-state index in [2.05, 4.69) is 0 Å². The van der Waals surface area contributed by atoms with E-state index in [-0.39, 0.29) is 5.92 Å². The standard InChI is InChI=1S/C19H24O5/c1-10-5-7-12(8-6-10)19(3,4)24-18(22)14-13-9-11(2)16(15(13)20)23-17(14)21/h5-8,11,13-16,20H,9H2,1-4H3. The molecule has 1 aromatic carbocycles. The topological polar surface area (TPSA) is 72.8 Å². The van der Waals surface area contributed by atoms with E-state index in [1.54, 1.807) is 13.8 Å². The molecule has 5 nitrogen and oxygen atoms in total. The summed E-state index contributed by atoms with van der Waals surface area (Å²) < 4.78 is 10.9. The molecule has 130 valence electrons. The molecule has 1 saturated carbocycles. The van der Waals surface area contributed by atoms with Gasteiger partial charge in [0, 0.05) is 5.92 Å². The summed E-state index contributed by atoms with van der Waals surface area (Å²) in [5.41, 5.74) is 1.10. The number of aryl methyl sites for hydroxylation is 1. The van der Waals surface area contributed by atoms with Gasteiger partial charge in [0.25, 0.3) is 0 Å². The Morgan fingerprint density at radius 1 is 1.29 bits per heavy atom. The molecule has 2 aliphatic rings. The second kappa shape index (κ2) is 5.88. The molecule has 0 aromatic heterocycles. The minimum absolute atomic E-state index is 0.0526. The predicted molar refractivity (Wildman–Crippen MR) is 86.9 cm³/mol. The Labute approximate surface area is 142 Å². The van der Waals surface area contributed by atoms with Crippen LogP contribution in [0.15, 0.2) is 24.3 Å². The monoisotopic (exact) mass is 332 g/mol. The normalized spacial score (nSPS) is 32.4. The molecule has 3 rings (SSSR count). The minimum Gasteiger partial charge on any atom is -0.459 e. The van der Waals surface area contributed by atoms with Crippen molar-refractivity contribution in [2.45, 2.75) is 51.9 Å². The van der Waals surface area contributed by atoms with Gasteiger partial charge < -0.3 is 14.6 Å². The van der Waals surface area contributed by atoms with Crippen LogP contribution in [0.1, 0.15) is 38.3 Å². The fourth-order valence-corrected chi connectivity index (χ4v) is 3.78. The van der Waals surface area contributed by atoms with Crippen LogP contribution in [-0.2, 0) is 24.7 Å². The zero-order valence-corrected chi connectivity index (χ0v) is 14.5. The SMILES string of the molecule is Cc1ccc(C(C)(C)OC(=O)C2C(=O)OC3C(C)CC2C3O)cc1. The molecule has 5 atom stereocenters. The molecular formula is C19H24O5. The molecule has 5 heteroatoms. The molecule has 1 aromatic rings. The number of rotatable bonds is 3. The Morgan fingerprint density at radius 2 is 1.92 bits per heavy atom. The van der Waals surface area contributed by atoms with Crippen LogP contribution < -0.4 is 0 Å². The Kier molecular flexibility index (Phi) is 4.16. The molecule has 24 heavy (non-hydrogen) atoms. The summed E-state index contributed by atoms with van der Waals surface area (Å²) in [6.45, 7) is 7.49. The van der Waals surface area contributed by atoms with Gasteiger partial charge in [-0.3, -0.25) is 9.59 Å². The summed E-state index contributed by atoms with van der Waals surface area (Å²) in [4.78, 5) is 24.9. The highest BCUT2D eigenvalue weighted by atomic mass is 16.6. The highest BCUT2D eigenvalue weighted by Gasteiger charge is 2.56. The summed E-state index contributed by atoms with van der Waals surface area (Å²) in [5, 5.41) is 10.3. The average Bonchev–Trinajstić information content (AvgIpc) is 2.67. The summed E-state index contributed by atoms with van der Waals surface area (Å²) in [7, 11) is 0. The van der Waals surface area contributed by atoms with Gasteiger partial charge in [0.05, 0.1) is 6.10 Å². The second-order valence-corrected chi connectivity index (χ2v) is 7.54. The minimum atomic E-state index is -1.05. The Morgan fingerprint density at radius 3 is 2.54 bits per heavy atom. The van der Waals surface area contributed by atoms with Gasteiger partial charge in [-0.25, -0.2) is 0 Å². The van der Waals surface area contributed by atoms with E-state index in [0.29, 0.717) is 6.42 Å². The number of ether oxygens (including phenoxy) is 2. The molecule has 0 amide bonds. The lowest BCUT2D eigenvalue weighted by Gasteiger charge is -2.34. The van der Waals surface area contributed by atoms with Crippen molar-refractivity contribution in [1.29, 1.82) is 0 Å².